The lowest BCUT2D eigenvalue weighted by Crippen LogP contribution is -2.31. The summed E-state index contributed by atoms with van der Waals surface area (Å²) >= 11 is 7.72. The highest BCUT2D eigenvalue weighted by molar-refractivity contribution is 7.89. The summed E-state index contributed by atoms with van der Waals surface area (Å²) in [6.45, 7) is 3.93. The summed E-state index contributed by atoms with van der Waals surface area (Å²) < 4.78 is 60.4. The molecule has 0 unspecified atom stereocenters. The number of thiazole rings is 1. The van der Waals surface area contributed by atoms with Crippen LogP contribution in [0.3, 0.4) is 0 Å². The molecule has 0 aliphatic rings. The number of nitrogens with zero attached hydrogens (tertiary/aromatic N) is 4. The number of aromatic nitrogens is 3. The Hall–Kier alpha value is -3.71. The molecule has 0 fully saturated rings. The number of ether oxygens (including phenoxy) is 1. The molecule has 0 saturated heterocycles. The summed E-state index contributed by atoms with van der Waals surface area (Å²) in [7, 11) is -3.39. The second-order valence-electron chi connectivity index (χ2n) is 9.21. The monoisotopic (exact) mass is 629 g/mol. The van der Waals surface area contributed by atoms with E-state index in [2.05, 4.69) is 20.3 Å². The van der Waals surface area contributed by atoms with Gasteiger partial charge < -0.3 is 10.1 Å². The van der Waals surface area contributed by atoms with Gasteiger partial charge >= 0.3 is 0 Å². The number of nitrogens with one attached hydrogen (secondary N) is 1. The zero-order valence-corrected chi connectivity index (χ0v) is 25.0. The predicted octanol–water partition coefficient (Wildman–Crippen LogP) is 7.18. The van der Waals surface area contributed by atoms with Crippen molar-refractivity contribution in [2.75, 3.05) is 17.6 Å². The molecule has 0 spiro atoms. The molecule has 0 radical (unpaired) electrons. The fourth-order valence-electron chi connectivity index (χ4n) is 4.24. The van der Waals surface area contributed by atoms with Gasteiger partial charge in [-0.15, -0.1) is 11.3 Å². The Labute approximate surface area is 251 Å². The maximum atomic E-state index is 15.2. The summed E-state index contributed by atoms with van der Waals surface area (Å²) in [4.78, 5) is 13.1. The first-order valence-corrected chi connectivity index (χ1v) is 15.8. The lowest BCUT2D eigenvalue weighted by atomic mass is 10.1. The van der Waals surface area contributed by atoms with Gasteiger partial charge in [-0.3, -0.25) is 0 Å². The SMILES string of the molecule is CCN(Cc1nc(-c2cc3c(Nc4ccc(OCc5cccc(F)c5)c(Cl)c4)ncnc3cc2F)cs1)S(=O)(=O)CC. The molecule has 5 aromatic rings. The minimum absolute atomic E-state index is 0.00989. The van der Waals surface area contributed by atoms with Crippen LogP contribution in [0.1, 0.15) is 24.4 Å². The summed E-state index contributed by atoms with van der Waals surface area (Å²) in [6, 6.07) is 14.2. The molecular formula is C29H26ClF2N5O3S2. The van der Waals surface area contributed by atoms with Crippen LogP contribution in [0.5, 0.6) is 5.75 Å². The molecule has 0 amide bonds. The van der Waals surface area contributed by atoms with E-state index in [4.69, 9.17) is 16.3 Å². The van der Waals surface area contributed by atoms with E-state index in [-0.39, 0.29) is 30.3 Å². The van der Waals surface area contributed by atoms with Gasteiger partial charge in [0.15, 0.2) is 0 Å². The molecule has 1 N–H and O–H groups in total. The van der Waals surface area contributed by atoms with Gasteiger partial charge in [0, 0.05) is 34.6 Å². The highest BCUT2D eigenvalue weighted by Gasteiger charge is 2.21. The third-order valence-corrected chi connectivity index (χ3v) is 9.48. The quantitative estimate of drug-likeness (QED) is 0.165. The largest absolute Gasteiger partial charge is 0.487 e. The molecular weight excluding hydrogens is 604 g/mol. The van der Waals surface area contributed by atoms with Gasteiger partial charge in [0.05, 0.1) is 28.5 Å². The van der Waals surface area contributed by atoms with Crippen LogP contribution >= 0.6 is 22.9 Å². The number of halogens is 3. The molecule has 42 heavy (non-hydrogen) atoms. The van der Waals surface area contributed by atoms with E-state index < -0.39 is 15.8 Å². The summed E-state index contributed by atoms with van der Waals surface area (Å²) in [5.74, 6) is -0.0178. The van der Waals surface area contributed by atoms with Gasteiger partial charge in [-0.25, -0.2) is 32.2 Å². The van der Waals surface area contributed by atoms with Gasteiger partial charge in [0.1, 0.15) is 41.1 Å². The van der Waals surface area contributed by atoms with Crippen molar-refractivity contribution in [3.05, 3.63) is 93.5 Å². The third-order valence-electron chi connectivity index (χ3n) is 6.45. The smallest absolute Gasteiger partial charge is 0.214 e. The maximum absolute atomic E-state index is 15.2. The second kappa shape index (κ2) is 12.7. The van der Waals surface area contributed by atoms with E-state index in [1.54, 1.807) is 55.6 Å². The maximum Gasteiger partial charge on any atom is 0.214 e. The number of benzene rings is 3. The van der Waals surface area contributed by atoms with Gasteiger partial charge in [0.2, 0.25) is 10.0 Å². The number of fused-ring (bicyclic) bond motifs is 1. The lowest BCUT2D eigenvalue weighted by Gasteiger charge is -2.17. The zero-order chi connectivity index (χ0) is 29.9. The van der Waals surface area contributed by atoms with Crippen LogP contribution in [0.25, 0.3) is 22.2 Å². The first-order chi connectivity index (χ1) is 20.2. The van der Waals surface area contributed by atoms with Crippen molar-refractivity contribution in [2.24, 2.45) is 0 Å². The molecule has 0 bridgehead atoms. The van der Waals surface area contributed by atoms with E-state index in [9.17, 15) is 12.8 Å². The molecule has 5 rings (SSSR count). The summed E-state index contributed by atoms with van der Waals surface area (Å²) in [5.41, 5.74) is 2.29. The highest BCUT2D eigenvalue weighted by Crippen LogP contribution is 2.34. The summed E-state index contributed by atoms with van der Waals surface area (Å²) in [6.07, 6.45) is 1.33. The van der Waals surface area contributed by atoms with Gasteiger partial charge in [-0.1, -0.05) is 30.7 Å². The van der Waals surface area contributed by atoms with Crippen LogP contribution in [0.15, 0.2) is 66.3 Å². The first-order valence-electron chi connectivity index (χ1n) is 13.0. The van der Waals surface area contributed by atoms with E-state index >= 15 is 4.39 Å². The molecule has 8 nitrogen and oxygen atoms in total. The zero-order valence-electron chi connectivity index (χ0n) is 22.6. The van der Waals surface area contributed by atoms with Crippen LogP contribution < -0.4 is 10.1 Å². The molecule has 13 heteroatoms. The van der Waals surface area contributed by atoms with Crippen LogP contribution in [0, 0.1) is 11.6 Å². The Morgan fingerprint density at radius 2 is 1.90 bits per heavy atom. The van der Waals surface area contributed by atoms with E-state index in [0.717, 1.165) is 0 Å². The Kier molecular flexibility index (Phi) is 8.97. The Balaban J connectivity index is 1.38. The highest BCUT2D eigenvalue weighted by atomic mass is 35.5. The van der Waals surface area contributed by atoms with Gasteiger partial charge in [-0.2, -0.15) is 4.31 Å². The molecule has 3 aromatic carbocycles. The average molecular weight is 630 g/mol. The Morgan fingerprint density at radius 3 is 2.64 bits per heavy atom. The van der Waals surface area contributed by atoms with Gasteiger partial charge in [0.25, 0.3) is 0 Å². The number of anilines is 2. The topological polar surface area (TPSA) is 97.3 Å². The predicted molar refractivity (Wildman–Crippen MR) is 162 cm³/mol. The van der Waals surface area contributed by atoms with E-state index in [1.807, 2.05) is 0 Å². The Bertz CT molecular complexity index is 1850. The molecule has 2 aromatic heterocycles. The van der Waals surface area contributed by atoms with Gasteiger partial charge in [-0.05, 0) is 48.9 Å². The minimum Gasteiger partial charge on any atom is -0.487 e. The van der Waals surface area contributed by atoms with Crippen molar-refractivity contribution in [2.45, 2.75) is 27.0 Å². The average Bonchev–Trinajstić information content (AvgIpc) is 3.43. The second-order valence-corrected chi connectivity index (χ2v) is 12.8. The third kappa shape index (κ3) is 6.67. The standard InChI is InChI=1S/C29H26ClF2N5O3S2/c1-3-37(42(38,39)4-2)14-28-36-26(16-41-28)21-12-22-25(13-24(21)32)33-17-34-29(22)35-20-8-9-27(23(30)11-20)40-15-18-6-5-7-19(31)10-18/h5-13,16-17H,3-4,14-15H2,1-2H3,(H,33,34,35). The molecule has 0 aliphatic carbocycles. The van der Waals surface area contributed by atoms with E-state index in [1.165, 1.54) is 40.2 Å². The van der Waals surface area contributed by atoms with Crippen LogP contribution in [-0.2, 0) is 23.2 Å². The van der Waals surface area contributed by atoms with Crippen molar-refractivity contribution in [1.82, 2.24) is 19.3 Å². The van der Waals surface area contributed by atoms with Crippen molar-refractivity contribution < 1.29 is 21.9 Å². The molecule has 0 atom stereocenters. The number of sulfonamides is 1. The molecule has 2 heterocycles. The number of rotatable bonds is 11. The fourth-order valence-corrected chi connectivity index (χ4v) is 6.44. The van der Waals surface area contributed by atoms with Crippen molar-refractivity contribution >= 4 is 55.4 Å². The van der Waals surface area contributed by atoms with Crippen LogP contribution in [-0.4, -0.2) is 40.0 Å². The normalized spacial score (nSPS) is 11.8. The van der Waals surface area contributed by atoms with E-state index in [0.29, 0.717) is 56.0 Å². The van der Waals surface area contributed by atoms with Crippen LogP contribution in [0.4, 0.5) is 20.3 Å². The minimum atomic E-state index is -3.39. The number of hydrogen-bond acceptors (Lipinski definition) is 8. The summed E-state index contributed by atoms with van der Waals surface area (Å²) in [5, 5.41) is 6.34. The Morgan fingerprint density at radius 1 is 1.07 bits per heavy atom. The molecule has 0 aliphatic heterocycles. The lowest BCUT2D eigenvalue weighted by molar-refractivity contribution is 0.306. The van der Waals surface area contributed by atoms with Crippen molar-refractivity contribution in [1.29, 1.82) is 0 Å². The van der Waals surface area contributed by atoms with Crippen molar-refractivity contribution in [3.8, 4) is 17.0 Å². The number of hydrogen-bond donors (Lipinski definition) is 1. The molecule has 218 valence electrons. The molecule has 0 saturated carbocycles. The fraction of sp³-hybridized carbons (Fsp3) is 0.207. The van der Waals surface area contributed by atoms with Crippen LogP contribution in [0.2, 0.25) is 5.02 Å². The van der Waals surface area contributed by atoms with Crippen molar-refractivity contribution in [3.63, 3.8) is 0 Å². The first kappa shape index (κ1) is 29.8.